The minimum atomic E-state index is -0.847. The van der Waals surface area contributed by atoms with Crippen LogP contribution in [0.4, 0.5) is 0 Å². The van der Waals surface area contributed by atoms with E-state index in [0.717, 1.165) is 0 Å². The Hall–Kier alpha value is -1.91. The largest absolute Gasteiger partial charge is 0.511 e. The van der Waals surface area contributed by atoms with E-state index in [2.05, 4.69) is 11.6 Å². The molecule has 0 saturated carbocycles. The Labute approximate surface area is 112 Å². The third-order valence-electron chi connectivity index (χ3n) is 3.14. The molecular weight excluding hydrogens is 246 g/mol. The number of carbonyl (C=O) groups is 2. The number of ether oxygens (including phenoxy) is 1. The molecule has 0 spiro atoms. The molecule has 0 radical (unpaired) electrons. The SMILES string of the molecule is C=CCN=CC1=C(O)C(C(=O)OC)C(C)(C)CC1=O. The number of ketones is 1. The standard InChI is InChI=1S/C14H19NO4/c1-5-6-15-8-9-10(16)7-14(2,3)11(12(9)17)13(18)19-4/h5,8,11,17H,1,6-7H2,2-4H3. The highest BCUT2D eigenvalue weighted by Crippen LogP contribution is 2.41. The number of esters is 1. The number of carbonyl (C=O) groups excluding carboxylic acids is 2. The molecular formula is C14H19NO4. The first-order valence-electron chi connectivity index (χ1n) is 6.00. The molecule has 1 aliphatic carbocycles. The van der Waals surface area contributed by atoms with Crippen molar-refractivity contribution in [2.45, 2.75) is 20.3 Å². The predicted molar refractivity (Wildman–Crippen MR) is 72.1 cm³/mol. The van der Waals surface area contributed by atoms with Crippen molar-refractivity contribution in [1.29, 1.82) is 0 Å². The molecule has 1 N–H and O–H groups in total. The van der Waals surface area contributed by atoms with Crippen molar-refractivity contribution >= 4 is 18.0 Å². The van der Waals surface area contributed by atoms with Crippen LogP contribution in [0.1, 0.15) is 20.3 Å². The van der Waals surface area contributed by atoms with Gasteiger partial charge in [0.25, 0.3) is 0 Å². The Morgan fingerprint density at radius 3 is 2.79 bits per heavy atom. The number of hydrogen-bond acceptors (Lipinski definition) is 5. The van der Waals surface area contributed by atoms with E-state index in [9.17, 15) is 14.7 Å². The smallest absolute Gasteiger partial charge is 0.316 e. The van der Waals surface area contributed by atoms with Crippen LogP contribution in [-0.4, -0.2) is 36.7 Å². The maximum atomic E-state index is 12.0. The average molecular weight is 265 g/mol. The van der Waals surface area contributed by atoms with Crippen molar-refractivity contribution in [3.05, 3.63) is 24.0 Å². The summed E-state index contributed by atoms with van der Waals surface area (Å²) in [6.07, 6.45) is 3.03. The summed E-state index contributed by atoms with van der Waals surface area (Å²) in [5, 5.41) is 10.2. The zero-order valence-electron chi connectivity index (χ0n) is 11.5. The van der Waals surface area contributed by atoms with E-state index in [0.29, 0.717) is 6.54 Å². The summed E-state index contributed by atoms with van der Waals surface area (Å²) < 4.78 is 4.70. The number of hydrogen-bond donors (Lipinski definition) is 1. The van der Waals surface area contributed by atoms with E-state index in [1.54, 1.807) is 19.9 Å². The van der Waals surface area contributed by atoms with Gasteiger partial charge in [0.2, 0.25) is 0 Å². The monoisotopic (exact) mass is 265 g/mol. The highest BCUT2D eigenvalue weighted by Gasteiger charge is 2.46. The third-order valence-corrected chi connectivity index (χ3v) is 3.14. The van der Waals surface area contributed by atoms with Gasteiger partial charge in [0.1, 0.15) is 11.7 Å². The fourth-order valence-electron chi connectivity index (χ4n) is 2.18. The van der Waals surface area contributed by atoms with Gasteiger partial charge in [-0.3, -0.25) is 14.6 Å². The fraction of sp³-hybridized carbons (Fsp3) is 0.500. The molecule has 0 amide bonds. The van der Waals surface area contributed by atoms with E-state index >= 15 is 0 Å². The topological polar surface area (TPSA) is 76.0 Å². The molecule has 0 aliphatic heterocycles. The summed E-state index contributed by atoms with van der Waals surface area (Å²) >= 11 is 0. The highest BCUT2D eigenvalue weighted by molar-refractivity contribution is 6.15. The van der Waals surface area contributed by atoms with Crippen molar-refractivity contribution < 1.29 is 19.4 Å². The number of Topliss-reactive ketones (excluding diaryl/α,β-unsaturated/α-hetero) is 1. The lowest BCUT2D eigenvalue weighted by Crippen LogP contribution is -2.40. The number of nitrogens with zero attached hydrogens (tertiary/aromatic N) is 1. The second-order valence-corrected chi connectivity index (χ2v) is 5.13. The molecule has 0 fully saturated rings. The molecule has 19 heavy (non-hydrogen) atoms. The Bertz CT molecular complexity index is 460. The summed E-state index contributed by atoms with van der Waals surface area (Å²) in [6.45, 7) is 7.35. The zero-order valence-corrected chi connectivity index (χ0v) is 11.5. The summed E-state index contributed by atoms with van der Waals surface area (Å²) in [6, 6.07) is 0. The van der Waals surface area contributed by atoms with Gasteiger partial charge in [0.15, 0.2) is 5.78 Å². The first-order chi connectivity index (χ1) is 8.85. The maximum Gasteiger partial charge on any atom is 0.316 e. The third kappa shape index (κ3) is 3.10. The first kappa shape index (κ1) is 15.1. The van der Waals surface area contributed by atoms with Crippen LogP contribution in [0.25, 0.3) is 0 Å². The number of allylic oxidation sites excluding steroid dienone is 1. The molecule has 1 atom stereocenters. The van der Waals surface area contributed by atoms with E-state index in [-0.39, 0.29) is 23.5 Å². The van der Waals surface area contributed by atoms with E-state index < -0.39 is 17.3 Å². The van der Waals surface area contributed by atoms with Crippen molar-refractivity contribution in [2.24, 2.45) is 16.3 Å². The Morgan fingerprint density at radius 2 is 2.26 bits per heavy atom. The molecule has 1 rings (SSSR count). The van der Waals surface area contributed by atoms with Crippen molar-refractivity contribution in [2.75, 3.05) is 13.7 Å². The number of rotatable bonds is 4. The van der Waals surface area contributed by atoms with Crippen molar-refractivity contribution in [1.82, 2.24) is 0 Å². The van der Waals surface area contributed by atoms with Gasteiger partial charge in [-0.05, 0) is 5.41 Å². The van der Waals surface area contributed by atoms with E-state index in [4.69, 9.17) is 4.74 Å². The van der Waals surface area contributed by atoms with Crippen LogP contribution in [0.2, 0.25) is 0 Å². The van der Waals surface area contributed by atoms with Crippen LogP contribution in [0.5, 0.6) is 0 Å². The van der Waals surface area contributed by atoms with Gasteiger partial charge in [-0.1, -0.05) is 19.9 Å². The molecule has 5 heteroatoms. The minimum absolute atomic E-state index is 0.0802. The van der Waals surface area contributed by atoms with Gasteiger partial charge in [0, 0.05) is 12.6 Å². The van der Waals surface area contributed by atoms with Gasteiger partial charge in [-0.25, -0.2) is 0 Å². The molecule has 0 aromatic heterocycles. The second-order valence-electron chi connectivity index (χ2n) is 5.13. The zero-order chi connectivity index (χ0) is 14.6. The highest BCUT2D eigenvalue weighted by atomic mass is 16.5. The minimum Gasteiger partial charge on any atom is -0.511 e. The molecule has 1 aliphatic rings. The molecule has 0 heterocycles. The molecule has 0 aromatic rings. The maximum absolute atomic E-state index is 12.0. The van der Waals surface area contributed by atoms with Gasteiger partial charge in [-0.2, -0.15) is 0 Å². The molecule has 0 aromatic carbocycles. The predicted octanol–water partition coefficient (Wildman–Crippen LogP) is 1.84. The van der Waals surface area contributed by atoms with Crippen LogP contribution in [-0.2, 0) is 14.3 Å². The summed E-state index contributed by atoms with van der Waals surface area (Å²) in [5.41, 5.74) is -0.596. The van der Waals surface area contributed by atoms with Crippen LogP contribution in [0.15, 0.2) is 29.0 Å². The second kappa shape index (κ2) is 5.82. The van der Waals surface area contributed by atoms with Crippen LogP contribution in [0, 0.1) is 11.3 Å². The summed E-state index contributed by atoms with van der Waals surface area (Å²) in [7, 11) is 1.26. The van der Waals surface area contributed by atoms with Crippen LogP contribution in [0.3, 0.4) is 0 Å². The molecule has 0 saturated heterocycles. The molecule has 104 valence electrons. The molecule has 0 bridgehead atoms. The molecule has 5 nitrogen and oxygen atoms in total. The fourth-order valence-corrected chi connectivity index (χ4v) is 2.18. The summed E-state index contributed by atoms with van der Waals surface area (Å²) in [5.74, 6) is -1.89. The van der Waals surface area contributed by atoms with Crippen molar-refractivity contribution in [3.8, 4) is 0 Å². The van der Waals surface area contributed by atoms with Crippen LogP contribution >= 0.6 is 0 Å². The quantitative estimate of drug-likeness (QED) is 0.478. The lowest BCUT2D eigenvalue weighted by atomic mass is 9.68. The number of aliphatic imine (C=N–C) groups is 1. The number of aliphatic hydroxyl groups is 1. The summed E-state index contributed by atoms with van der Waals surface area (Å²) in [4.78, 5) is 27.7. The number of methoxy groups -OCH3 is 1. The Morgan fingerprint density at radius 1 is 1.63 bits per heavy atom. The normalized spacial score (nSPS) is 22.7. The molecule has 1 unspecified atom stereocenters. The van der Waals surface area contributed by atoms with Gasteiger partial charge < -0.3 is 9.84 Å². The number of aliphatic hydroxyl groups excluding tert-OH is 1. The Kier molecular flexibility index (Phi) is 4.64. The first-order valence-corrected chi connectivity index (χ1v) is 6.00. The van der Waals surface area contributed by atoms with Gasteiger partial charge >= 0.3 is 5.97 Å². The average Bonchev–Trinajstić information content (AvgIpc) is 2.31. The van der Waals surface area contributed by atoms with E-state index in [1.807, 2.05) is 0 Å². The Balaban J connectivity index is 3.23. The van der Waals surface area contributed by atoms with Crippen LogP contribution < -0.4 is 0 Å². The van der Waals surface area contributed by atoms with Crippen molar-refractivity contribution in [3.63, 3.8) is 0 Å². The lowest BCUT2D eigenvalue weighted by molar-refractivity contribution is -0.150. The van der Waals surface area contributed by atoms with E-state index in [1.165, 1.54) is 13.3 Å². The van der Waals surface area contributed by atoms with Gasteiger partial charge in [-0.15, -0.1) is 6.58 Å². The van der Waals surface area contributed by atoms with Gasteiger partial charge in [0.05, 0.1) is 19.2 Å². The lowest BCUT2D eigenvalue weighted by Gasteiger charge is -2.35.